The Morgan fingerprint density at radius 3 is 2.17 bits per heavy atom. The van der Waals surface area contributed by atoms with Gasteiger partial charge in [-0.1, -0.05) is 73.5 Å². The number of amides is 1. The quantitative estimate of drug-likeness (QED) is 0.654. The number of carbonyl (C=O) groups excluding carboxylic acids is 1. The molecule has 0 atom stereocenters. The third-order valence-corrected chi connectivity index (χ3v) is 5.85. The lowest BCUT2D eigenvalue weighted by Gasteiger charge is -2.18. The molecule has 30 heavy (non-hydrogen) atoms. The molecule has 154 valence electrons. The molecule has 1 aromatic heterocycles. The molecule has 2 aromatic carbocycles. The fourth-order valence-corrected chi connectivity index (χ4v) is 4.24. The van der Waals surface area contributed by atoms with Gasteiger partial charge in [-0.2, -0.15) is 0 Å². The van der Waals surface area contributed by atoms with Crippen LogP contribution in [0, 0.1) is 0 Å². The van der Waals surface area contributed by atoms with Crippen molar-refractivity contribution >= 4 is 5.91 Å². The molecule has 0 bridgehead atoms. The molecule has 0 spiro atoms. The number of carbonyl (C=O) groups is 1. The summed E-state index contributed by atoms with van der Waals surface area (Å²) >= 11 is 0. The van der Waals surface area contributed by atoms with Gasteiger partial charge in [-0.25, -0.2) is 4.98 Å². The zero-order chi connectivity index (χ0) is 20.8. The van der Waals surface area contributed by atoms with Crippen molar-refractivity contribution in [2.24, 2.45) is 0 Å². The maximum atomic E-state index is 13.0. The van der Waals surface area contributed by atoms with Crippen LogP contribution in [0.15, 0.2) is 77.9 Å². The van der Waals surface area contributed by atoms with Crippen molar-refractivity contribution in [2.45, 2.75) is 44.1 Å². The summed E-state index contributed by atoms with van der Waals surface area (Å²) in [5, 5.41) is 3.00. The van der Waals surface area contributed by atoms with Crippen LogP contribution in [0.25, 0.3) is 0 Å². The standard InChI is InChI=1S/C25H27N3O2/c29-23-17-22(19-9-7-8-10-19)27-18-28(23)16-15-26-25(30)24(20-11-3-1-4-12-20)21-13-5-2-6-14-21/h1-6,11-14,17-19,24H,7-10,15-16H2,(H,26,30). The highest BCUT2D eigenvalue weighted by Gasteiger charge is 2.22. The van der Waals surface area contributed by atoms with Gasteiger partial charge in [0.1, 0.15) is 0 Å². The summed E-state index contributed by atoms with van der Waals surface area (Å²) in [4.78, 5) is 30.0. The third-order valence-electron chi connectivity index (χ3n) is 5.85. The average molecular weight is 402 g/mol. The summed E-state index contributed by atoms with van der Waals surface area (Å²) in [6.45, 7) is 0.776. The number of hydrogen-bond donors (Lipinski definition) is 1. The Kier molecular flexibility index (Phi) is 6.38. The van der Waals surface area contributed by atoms with Gasteiger partial charge in [0, 0.05) is 25.1 Å². The molecule has 5 heteroatoms. The molecular formula is C25H27N3O2. The van der Waals surface area contributed by atoms with Crippen LogP contribution in [0.5, 0.6) is 0 Å². The number of rotatable bonds is 7. The average Bonchev–Trinajstić information content (AvgIpc) is 3.32. The summed E-state index contributed by atoms with van der Waals surface area (Å²) in [6, 6.07) is 21.2. The molecule has 4 rings (SSSR count). The Labute approximate surface area is 176 Å². The molecule has 1 N–H and O–H groups in total. The van der Waals surface area contributed by atoms with Gasteiger partial charge in [0.05, 0.1) is 17.9 Å². The van der Waals surface area contributed by atoms with Crippen molar-refractivity contribution in [3.8, 4) is 0 Å². The van der Waals surface area contributed by atoms with E-state index < -0.39 is 0 Å². The van der Waals surface area contributed by atoms with Gasteiger partial charge >= 0.3 is 0 Å². The van der Waals surface area contributed by atoms with Gasteiger partial charge in [-0.05, 0) is 24.0 Å². The van der Waals surface area contributed by atoms with Gasteiger partial charge in [0.15, 0.2) is 0 Å². The molecule has 1 heterocycles. The highest BCUT2D eigenvalue weighted by molar-refractivity contribution is 5.87. The molecule has 0 aliphatic heterocycles. The van der Waals surface area contributed by atoms with Crippen LogP contribution in [0.2, 0.25) is 0 Å². The monoisotopic (exact) mass is 401 g/mol. The minimum absolute atomic E-state index is 0.0520. The predicted molar refractivity (Wildman–Crippen MR) is 117 cm³/mol. The van der Waals surface area contributed by atoms with E-state index in [0.717, 1.165) is 29.7 Å². The molecule has 1 aliphatic carbocycles. The molecule has 1 fully saturated rings. The number of nitrogens with zero attached hydrogens (tertiary/aromatic N) is 2. The van der Waals surface area contributed by atoms with Crippen LogP contribution < -0.4 is 10.9 Å². The van der Waals surface area contributed by atoms with E-state index in [-0.39, 0.29) is 17.4 Å². The van der Waals surface area contributed by atoms with Crippen LogP contribution in [0.3, 0.4) is 0 Å². The lowest BCUT2D eigenvalue weighted by molar-refractivity contribution is -0.121. The second kappa shape index (κ2) is 9.53. The van der Waals surface area contributed by atoms with Crippen molar-refractivity contribution < 1.29 is 4.79 Å². The van der Waals surface area contributed by atoms with Gasteiger partial charge in [0.25, 0.3) is 5.56 Å². The maximum Gasteiger partial charge on any atom is 0.253 e. The Bertz CT molecular complexity index is 986. The van der Waals surface area contributed by atoms with Crippen molar-refractivity contribution in [2.75, 3.05) is 6.54 Å². The lowest BCUT2D eigenvalue weighted by atomic mass is 9.90. The largest absolute Gasteiger partial charge is 0.353 e. The fourth-order valence-electron chi connectivity index (χ4n) is 4.24. The third kappa shape index (κ3) is 4.67. The first-order valence-electron chi connectivity index (χ1n) is 10.7. The maximum absolute atomic E-state index is 13.0. The molecule has 1 saturated carbocycles. The lowest BCUT2D eigenvalue weighted by Crippen LogP contribution is -2.34. The van der Waals surface area contributed by atoms with E-state index in [9.17, 15) is 9.59 Å². The summed E-state index contributed by atoms with van der Waals surface area (Å²) in [5.74, 6) is -0.0347. The van der Waals surface area contributed by atoms with Gasteiger partial charge in [-0.15, -0.1) is 0 Å². The van der Waals surface area contributed by atoms with Crippen molar-refractivity contribution in [3.05, 3.63) is 100 Å². The molecular weight excluding hydrogens is 374 g/mol. The van der Waals surface area contributed by atoms with Crippen LogP contribution in [-0.2, 0) is 11.3 Å². The fraction of sp³-hybridized carbons (Fsp3) is 0.320. The molecule has 1 aliphatic rings. The second-order valence-corrected chi connectivity index (χ2v) is 7.87. The Morgan fingerprint density at radius 2 is 1.60 bits per heavy atom. The molecule has 0 unspecified atom stereocenters. The van der Waals surface area contributed by atoms with E-state index in [1.54, 1.807) is 17.0 Å². The summed E-state index contributed by atoms with van der Waals surface area (Å²) in [6.07, 6.45) is 6.28. The van der Waals surface area contributed by atoms with E-state index in [0.29, 0.717) is 19.0 Å². The van der Waals surface area contributed by atoms with Crippen molar-refractivity contribution in [1.82, 2.24) is 14.9 Å². The first-order valence-corrected chi connectivity index (χ1v) is 10.7. The van der Waals surface area contributed by atoms with Crippen LogP contribution >= 0.6 is 0 Å². The van der Waals surface area contributed by atoms with Crippen LogP contribution in [0.4, 0.5) is 0 Å². The smallest absolute Gasteiger partial charge is 0.253 e. The first kappa shape index (κ1) is 20.1. The predicted octanol–water partition coefficient (Wildman–Crippen LogP) is 3.85. The van der Waals surface area contributed by atoms with Crippen LogP contribution in [-0.4, -0.2) is 22.0 Å². The molecule has 1 amide bonds. The summed E-state index contributed by atoms with van der Waals surface area (Å²) in [5.41, 5.74) is 2.75. The molecule has 5 nitrogen and oxygen atoms in total. The van der Waals surface area contributed by atoms with Crippen molar-refractivity contribution in [3.63, 3.8) is 0 Å². The topological polar surface area (TPSA) is 64.0 Å². The summed E-state index contributed by atoms with van der Waals surface area (Å²) < 4.78 is 1.57. The highest BCUT2D eigenvalue weighted by Crippen LogP contribution is 2.32. The highest BCUT2D eigenvalue weighted by atomic mass is 16.2. The minimum Gasteiger partial charge on any atom is -0.353 e. The number of nitrogens with one attached hydrogen (secondary N) is 1. The summed E-state index contributed by atoms with van der Waals surface area (Å²) in [7, 11) is 0. The van der Waals surface area contributed by atoms with Gasteiger partial charge < -0.3 is 5.32 Å². The van der Waals surface area contributed by atoms with Gasteiger partial charge in [-0.3, -0.25) is 14.2 Å². The molecule has 0 radical (unpaired) electrons. The van der Waals surface area contributed by atoms with E-state index in [1.807, 2.05) is 60.7 Å². The SMILES string of the molecule is O=C(NCCn1cnc(C2CCCC2)cc1=O)C(c1ccccc1)c1ccccc1. The van der Waals surface area contributed by atoms with Gasteiger partial charge in [0.2, 0.25) is 5.91 Å². The van der Waals surface area contributed by atoms with Crippen LogP contribution in [0.1, 0.15) is 54.3 Å². The number of hydrogen-bond acceptors (Lipinski definition) is 3. The van der Waals surface area contributed by atoms with E-state index in [4.69, 9.17) is 0 Å². The first-order chi connectivity index (χ1) is 14.7. The Balaban J connectivity index is 1.42. The molecule has 0 saturated heterocycles. The van der Waals surface area contributed by atoms with E-state index in [2.05, 4.69) is 10.3 Å². The number of benzene rings is 2. The van der Waals surface area contributed by atoms with E-state index >= 15 is 0 Å². The zero-order valence-corrected chi connectivity index (χ0v) is 17.0. The Hall–Kier alpha value is -3.21. The normalized spacial score (nSPS) is 14.2. The minimum atomic E-state index is -0.382. The zero-order valence-electron chi connectivity index (χ0n) is 17.0. The Morgan fingerprint density at radius 1 is 1.00 bits per heavy atom. The number of aromatic nitrogens is 2. The van der Waals surface area contributed by atoms with E-state index in [1.165, 1.54) is 12.8 Å². The molecule has 3 aromatic rings. The van der Waals surface area contributed by atoms with Crippen molar-refractivity contribution in [1.29, 1.82) is 0 Å². The second-order valence-electron chi connectivity index (χ2n) is 7.87.